The Morgan fingerprint density at radius 1 is 1.28 bits per heavy atom. The lowest BCUT2D eigenvalue weighted by Gasteiger charge is -2.24. The van der Waals surface area contributed by atoms with Gasteiger partial charge in [-0.1, -0.05) is 12.1 Å². The topological polar surface area (TPSA) is 93.0 Å². The normalized spacial score (nSPS) is 15.4. The molecule has 2 N–H and O–H groups in total. The van der Waals surface area contributed by atoms with Crippen LogP contribution in [0.3, 0.4) is 0 Å². The van der Waals surface area contributed by atoms with Crippen LogP contribution in [0.5, 0.6) is 0 Å². The number of anilines is 1. The first-order chi connectivity index (χ1) is 12.2. The second-order valence-electron chi connectivity index (χ2n) is 6.03. The molecule has 3 heterocycles. The molecule has 0 amide bonds. The average Bonchev–Trinajstić information content (AvgIpc) is 3.08. The Kier molecular flexibility index (Phi) is 4.29. The Hall–Kier alpha value is -2.58. The van der Waals surface area contributed by atoms with E-state index in [2.05, 4.69) is 20.6 Å². The van der Waals surface area contributed by atoms with Gasteiger partial charge in [-0.3, -0.25) is 10.1 Å². The van der Waals surface area contributed by atoms with Crippen molar-refractivity contribution in [3.63, 3.8) is 0 Å². The SMILES string of the molecule is O=[N+]([O-])c1cccc(-c2csc3ncnc(NC4CCNCC4)c23)c1. The summed E-state index contributed by atoms with van der Waals surface area (Å²) in [6.07, 6.45) is 3.66. The van der Waals surface area contributed by atoms with Gasteiger partial charge in [0.2, 0.25) is 0 Å². The fourth-order valence-corrected chi connectivity index (χ4v) is 4.06. The number of fused-ring (bicyclic) bond motifs is 1. The molecule has 0 radical (unpaired) electrons. The molecule has 0 unspecified atom stereocenters. The first kappa shape index (κ1) is 15.9. The van der Waals surface area contributed by atoms with Gasteiger partial charge in [0.05, 0.1) is 10.3 Å². The number of thiophene rings is 1. The second kappa shape index (κ2) is 6.73. The minimum absolute atomic E-state index is 0.0848. The van der Waals surface area contributed by atoms with Crippen LogP contribution in [0.15, 0.2) is 36.0 Å². The Morgan fingerprint density at radius 3 is 2.92 bits per heavy atom. The number of rotatable bonds is 4. The highest BCUT2D eigenvalue weighted by Gasteiger charge is 2.18. The van der Waals surface area contributed by atoms with Gasteiger partial charge in [-0.15, -0.1) is 11.3 Å². The number of piperidine rings is 1. The van der Waals surface area contributed by atoms with Gasteiger partial charge in [0, 0.05) is 29.1 Å². The number of nitro benzene ring substituents is 1. The molecule has 8 heteroatoms. The van der Waals surface area contributed by atoms with Gasteiger partial charge < -0.3 is 10.6 Å². The van der Waals surface area contributed by atoms with Crippen molar-refractivity contribution < 1.29 is 4.92 Å². The highest BCUT2D eigenvalue weighted by molar-refractivity contribution is 7.17. The lowest BCUT2D eigenvalue weighted by atomic mass is 10.0. The third-order valence-electron chi connectivity index (χ3n) is 4.42. The number of nitrogens with one attached hydrogen (secondary N) is 2. The van der Waals surface area contributed by atoms with E-state index >= 15 is 0 Å². The number of benzene rings is 1. The van der Waals surface area contributed by atoms with Crippen molar-refractivity contribution in [3.05, 3.63) is 46.1 Å². The lowest BCUT2D eigenvalue weighted by Crippen LogP contribution is -2.35. The molecule has 25 heavy (non-hydrogen) atoms. The Balaban J connectivity index is 1.77. The van der Waals surface area contributed by atoms with E-state index in [9.17, 15) is 10.1 Å². The summed E-state index contributed by atoms with van der Waals surface area (Å²) in [6.45, 7) is 1.99. The molecule has 2 aromatic heterocycles. The van der Waals surface area contributed by atoms with Crippen LogP contribution < -0.4 is 10.6 Å². The van der Waals surface area contributed by atoms with Crippen molar-refractivity contribution in [1.29, 1.82) is 0 Å². The summed E-state index contributed by atoms with van der Waals surface area (Å²) in [5, 5.41) is 20.9. The minimum Gasteiger partial charge on any atom is -0.367 e. The summed E-state index contributed by atoms with van der Waals surface area (Å²) < 4.78 is 0. The summed E-state index contributed by atoms with van der Waals surface area (Å²) >= 11 is 1.53. The fraction of sp³-hybridized carbons (Fsp3) is 0.294. The van der Waals surface area contributed by atoms with E-state index in [-0.39, 0.29) is 10.6 Å². The fourth-order valence-electron chi connectivity index (χ4n) is 3.14. The van der Waals surface area contributed by atoms with Gasteiger partial charge >= 0.3 is 0 Å². The van der Waals surface area contributed by atoms with Crippen molar-refractivity contribution >= 4 is 33.1 Å². The zero-order chi connectivity index (χ0) is 17.2. The number of nitro groups is 1. The molecule has 0 atom stereocenters. The van der Waals surface area contributed by atoms with Crippen molar-refractivity contribution in [3.8, 4) is 11.1 Å². The van der Waals surface area contributed by atoms with E-state index in [1.54, 1.807) is 18.5 Å². The van der Waals surface area contributed by atoms with Gasteiger partial charge in [0.25, 0.3) is 5.69 Å². The summed E-state index contributed by atoms with van der Waals surface area (Å²) in [6, 6.07) is 7.07. The largest absolute Gasteiger partial charge is 0.367 e. The molecule has 1 fully saturated rings. The molecule has 4 rings (SSSR count). The zero-order valence-electron chi connectivity index (χ0n) is 13.4. The van der Waals surface area contributed by atoms with Gasteiger partial charge in [-0.05, 0) is 31.5 Å². The Labute approximate surface area is 148 Å². The van der Waals surface area contributed by atoms with E-state index in [4.69, 9.17) is 0 Å². The second-order valence-corrected chi connectivity index (χ2v) is 6.89. The van der Waals surface area contributed by atoms with Crippen molar-refractivity contribution in [2.45, 2.75) is 18.9 Å². The number of non-ortho nitro benzene ring substituents is 1. The molecule has 1 aromatic carbocycles. The summed E-state index contributed by atoms with van der Waals surface area (Å²) in [5.74, 6) is 0.805. The molecule has 0 aliphatic carbocycles. The molecular formula is C17H17N5O2S. The van der Waals surface area contributed by atoms with Gasteiger partial charge in [0.15, 0.2) is 0 Å². The van der Waals surface area contributed by atoms with Gasteiger partial charge in [0.1, 0.15) is 17.0 Å². The van der Waals surface area contributed by atoms with Crippen molar-refractivity contribution in [2.75, 3.05) is 18.4 Å². The van der Waals surface area contributed by atoms with Crippen LogP contribution in [0.4, 0.5) is 11.5 Å². The maximum absolute atomic E-state index is 11.1. The van der Waals surface area contributed by atoms with E-state index in [1.165, 1.54) is 17.4 Å². The average molecular weight is 355 g/mol. The molecule has 1 saturated heterocycles. The first-order valence-electron chi connectivity index (χ1n) is 8.16. The molecule has 128 valence electrons. The predicted octanol–water partition coefficient (Wildman–Crippen LogP) is 3.43. The van der Waals surface area contributed by atoms with Crippen molar-refractivity contribution in [1.82, 2.24) is 15.3 Å². The van der Waals surface area contributed by atoms with Crippen LogP contribution in [0, 0.1) is 10.1 Å². The van der Waals surface area contributed by atoms with E-state index in [1.807, 2.05) is 11.4 Å². The Morgan fingerprint density at radius 2 is 2.12 bits per heavy atom. The molecule has 1 aliphatic rings. The molecular weight excluding hydrogens is 338 g/mol. The third kappa shape index (κ3) is 3.18. The monoisotopic (exact) mass is 355 g/mol. The summed E-state index contributed by atoms with van der Waals surface area (Å²) in [5.41, 5.74) is 1.82. The molecule has 7 nitrogen and oxygen atoms in total. The number of aromatic nitrogens is 2. The molecule has 1 aliphatic heterocycles. The third-order valence-corrected chi connectivity index (χ3v) is 5.30. The smallest absolute Gasteiger partial charge is 0.270 e. The maximum atomic E-state index is 11.1. The summed E-state index contributed by atoms with van der Waals surface area (Å²) in [7, 11) is 0. The van der Waals surface area contributed by atoms with Crippen LogP contribution in [0.25, 0.3) is 21.3 Å². The lowest BCUT2D eigenvalue weighted by molar-refractivity contribution is -0.384. The molecule has 0 spiro atoms. The van der Waals surface area contributed by atoms with Gasteiger partial charge in [-0.2, -0.15) is 0 Å². The zero-order valence-corrected chi connectivity index (χ0v) is 14.3. The quantitative estimate of drug-likeness (QED) is 0.550. The van der Waals surface area contributed by atoms with E-state index < -0.39 is 0 Å². The standard InChI is InChI=1S/C17H17N5O2S/c23-22(24)13-3-1-2-11(8-13)14-9-25-17-15(14)16(19-10-20-17)21-12-4-6-18-7-5-12/h1-3,8-10,12,18H,4-7H2,(H,19,20,21). The number of hydrogen-bond donors (Lipinski definition) is 2. The Bertz CT molecular complexity index is 920. The molecule has 3 aromatic rings. The molecule has 0 saturated carbocycles. The highest BCUT2D eigenvalue weighted by atomic mass is 32.1. The van der Waals surface area contributed by atoms with E-state index in [0.29, 0.717) is 6.04 Å². The predicted molar refractivity (Wildman–Crippen MR) is 99.0 cm³/mol. The first-order valence-corrected chi connectivity index (χ1v) is 9.04. The molecule has 0 bridgehead atoms. The van der Waals surface area contributed by atoms with Crippen LogP contribution in [-0.4, -0.2) is 34.0 Å². The van der Waals surface area contributed by atoms with Crippen LogP contribution in [0.1, 0.15) is 12.8 Å². The maximum Gasteiger partial charge on any atom is 0.270 e. The number of hydrogen-bond acceptors (Lipinski definition) is 7. The highest BCUT2D eigenvalue weighted by Crippen LogP contribution is 2.37. The minimum atomic E-state index is -0.372. The van der Waals surface area contributed by atoms with Crippen LogP contribution in [0.2, 0.25) is 0 Å². The van der Waals surface area contributed by atoms with Crippen LogP contribution >= 0.6 is 11.3 Å². The summed E-state index contributed by atoms with van der Waals surface area (Å²) in [4.78, 5) is 20.4. The van der Waals surface area contributed by atoms with E-state index in [0.717, 1.165) is 53.1 Å². The van der Waals surface area contributed by atoms with Crippen molar-refractivity contribution in [2.24, 2.45) is 0 Å². The number of nitrogens with zero attached hydrogens (tertiary/aromatic N) is 3. The van der Waals surface area contributed by atoms with Crippen LogP contribution in [-0.2, 0) is 0 Å². The van der Waals surface area contributed by atoms with Gasteiger partial charge in [-0.25, -0.2) is 9.97 Å².